The minimum atomic E-state index is -0.770. The van der Waals surface area contributed by atoms with Crippen molar-refractivity contribution in [2.45, 2.75) is 29.7 Å². The second kappa shape index (κ2) is 16.8. The predicted octanol–water partition coefficient (Wildman–Crippen LogP) is 17.0. The van der Waals surface area contributed by atoms with E-state index in [1.807, 2.05) is 55.5 Å². The first-order chi connectivity index (χ1) is 39.2. The standard InChI is InChI=1S/C70H50N4O/c1-45-41-66(71-44-57(45)46-21-4-2-5-22-46)74-64-38-19-12-27-51(64)52-40-39-50(43-65(52)74)75-49-26-20-25-48(42-49)72-62-36-17-18-37-63(62)73-70-60-34-15-13-32-58(60)69(47-23-6-3-7-24-47,59-33-14-16-35-61(59)70)67-53-28-8-10-30-55(53)68(70)56-31-11-9-29-54(56)67/h2-44,67-68,72-73H,1H3/i2D,4D,5D,21D,22D. The molecule has 2 heterocycles. The van der Waals surface area contributed by atoms with Gasteiger partial charge in [-0.2, -0.15) is 0 Å². The Morgan fingerprint density at radius 1 is 0.507 bits per heavy atom. The van der Waals surface area contributed by atoms with E-state index < -0.39 is 17.0 Å². The van der Waals surface area contributed by atoms with Crippen LogP contribution in [0.5, 0.6) is 11.5 Å². The highest BCUT2D eigenvalue weighted by Crippen LogP contribution is 2.70. The van der Waals surface area contributed by atoms with Gasteiger partial charge in [0.1, 0.15) is 17.3 Å². The summed E-state index contributed by atoms with van der Waals surface area (Å²) in [5.74, 6) is 1.82. The third-order valence-corrected chi connectivity index (χ3v) is 16.2. The number of aryl methyl sites for hydroxylation is 1. The van der Waals surface area contributed by atoms with Gasteiger partial charge in [-0.1, -0.05) is 194 Å². The van der Waals surface area contributed by atoms with Gasteiger partial charge in [-0.25, -0.2) is 4.98 Å². The molecule has 18 rings (SSSR count). The van der Waals surface area contributed by atoms with Gasteiger partial charge in [0.05, 0.1) is 40.2 Å². The maximum atomic E-state index is 8.65. The molecule has 2 aromatic heterocycles. The number of pyridine rings is 1. The maximum Gasteiger partial charge on any atom is 0.137 e. The lowest BCUT2D eigenvalue weighted by atomic mass is 9.43. The molecule has 5 nitrogen and oxygen atoms in total. The van der Waals surface area contributed by atoms with Crippen molar-refractivity contribution < 1.29 is 11.6 Å². The minimum absolute atomic E-state index is 0.0133. The number of nitrogens with one attached hydrogen (secondary N) is 2. The molecule has 4 bridgehead atoms. The molecule has 10 aromatic carbocycles. The van der Waals surface area contributed by atoms with Crippen LogP contribution in [0.1, 0.15) is 74.3 Å². The van der Waals surface area contributed by atoms with Crippen LogP contribution in [-0.4, -0.2) is 9.55 Å². The molecule has 2 N–H and O–H groups in total. The topological polar surface area (TPSA) is 51.1 Å². The van der Waals surface area contributed by atoms with Crippen molar-refractivity contribution in [2.24, 2.45) is 0 Å². The fourth-order valence-corrected chi connectivity index (χ4v) is 13.4. The number of aromatic nitrogens is 2. The van der Waals surface area contributed by atoms with Crippen molar-refractivity contribution in [3.05, 3.63) is 316 Å². The van der Waals surface area contributed by atoms with E-state index in [4.69, 9.17) is 16.6 Å². The number of anilines is 3. The molecule has 12 aromatic rings. The zero-order valence-corrected chi connectivity index (χ0v) is 40.9. The predicted molar refractivity (Wildman–Crippen MR) is 305 cm³/mol. The highest BCUT2D eigenvalue weighted by molar-refractivity contribution is 6.09. The summed E-state index contributed by atoms with van der Waals surface area (Å²) in [5.41, 5.74) is 16.3. The number of nitrogens with zero attached hydrogens (tertiary/aromatic N) is 2. The molecule has 0 fully saturated rings. The van der Waals surface area contributed by atoms with Crippen molar-refractivity contribution in [3.63, 3.8) is 0 Å². The summed E-state index contributed by atoms with van der Waals surface area (Å²) < 4.78 is 50.9. The lowest BCUT2D eigenvalue weighted by molar-refractivity contribution is 0.384. The van der Waals surface area contributed by atoms with Crippen LogP contribution in [0, 0.1) is 6.92 Å². The summed E-state index contributed by atoms with van der Waals surface area (Å²) in [7, 11) is 0. The fourth-order valence-electron chi connectivity index (χ4n) is 13.4. The Balaban J connectivity index is 0.819. The van der Waals surface area contributed by atoms with Crippen LogP contribution in [0.15, 0.2) is 261 Å². The van der Waals surface area contributed by atoms with Crippen LogP contribution >= 0.6 is 0 Å². The van der Waals surface area contributed by atoms with E-state index in [1.165, 1.54) is 50.1 Å². The van der Waals surface area contributed by atoms with Crippen LogP contribution < -0.4 is 15.4 Å². The Morgan fingerprint density at radius 2 is 1.09 bits per heavy atom. The van der Waals surface area contributed by atoms with Gasteiger partial charge in [0.15, 0.2) is 0 Å². The molecule has 0 spiro atoms. The first kappa shape index (κ1) is 38.2. The molecular formula is C70H50N4O. The van der Waals surface area contributed by atoms with Gasteiger partial charge in [-0.3, -0.25) is 4.57 Å². The Bertz CT molecular complexity index is 4410. The molecule has 0 aliphatic heterocycles. The maximum absolute atomic E-state index is 8.65. The van der Waals surface area contributed by atoms with Crippen LogP contribution in [0.3, 0.4) is 0 Å². The van der Waals surface area contributed by atoms with Crippen molar-refractivity contribution in [1.82, 2.24) is 9.55 Å². The zero-order chi connectivity index (χ0) is 54.0. The summed E-state index contributed by atoms with van der Waals surface area (Å²) >= 11 is 0. The summed E-state index contributed by atoms with van der Waals surface area (Å²) in [4.78, 5) is 4.89. The van der Waals surface area contributed by atoms with Crippen molar-refractivity contribution in [3.8, 4) is 28.4 Å². The highest BCUT2D eigenvalue weighted by atomic mass is 16.5. The Labute approximate surface area is 443 Å². The van der Waals surface area contributed by atoms with E-state index in [1.54, 1.807) is 6.20 Å². The van der Waals surface area contributed by atoms with Crippen LogP contribution in [0.2, 0.25) is 0 Å². The number of benzene rings is 10. The largest absolute Gasteiger partial charge is 0.457 e. The van der Waals surface area contributed by atoms with Crippen LogP contribution in [0.4, 0.5) is 17.1 Å². The van der Waals surface area contributed by atoms with Gasteiger partial charge in [-0.05, 0) is 117 Å². The highest BCUT2D eigenvalue weighted by Gasteiger charge is 2.63. The van der Waals surface area contributed by atoms with Crippen LogP contribution in [0.25, 0.3) is 38.8 Å². The van der Waals surface area contributed by atoms with E-state index in [0.29, 0.717) is 22.9 Å². The van der Waals surface area contributed by atoms with E-state index in [9.17, 15) is 0 Å². The Kier molecular flexibility index (Phi) is 8.56. The summed E-state index contributed by atoms with van der Waals surface area (Å²) in [6.07, 6.45) is 1.61. The van der Waals surface area contributed by atoms with Gasteiger partial charge in [0.2, 0.25) is 0 Å². The number of ether oxygens (including phenoxy) is 1. The number of para-hydroxylation sites is 3. The van der Waals surface area contributed by atoms with E-state index in [-0.39, 0.29) is 41.6 Å². The lowest BCUT2D eigenvalue weighted by Crippen LogP contribution is -2.57. The molecule has 0 atom stereocenters. The molecule has 356 valence electrons. The quantitative estimate of drug-likeness (QED) is 0.151. The molecule has 0 unspecified atom stereocenters. The van der Waals surface area contributed by atoms with Gasteiger partial charge < -0.3 is 15.4 Å². The molecule has 6 aliphatic carbocycles. The number of fused-ring (bicyclic) bond motifs is 3. The fraction of sp³-hybridized carbons (Fsp3) is 0.0714. The first-order valence-electron chi connectivity index (χ1n) is 28.1. The molecule has 6 aliphatic rings. The zero-order valence-electron chi connectivity index (χ0n) is 45.9. The van der Waals surface area contributed by atoms with Gasteiger partial charge in [0.25, 0.3) is 0 Å². The van der Waals surface area contributed by atoms with E-state index >= 15 is 0 Å². The van der Waals surface area contributed by atoms with E-state index in [0.717, 1.165) is 44.4 Å². The third-order valence-electron chi connectivity index (χ3n) is 16.2. The third kappa shape index (κ3) is 6.34. The first-order valence-corrected chi connectivity index (χ1v) is 25.6. The van der Waals surface area contributed by atoms with Gasteiger partial charge >= 0.3 is 0 Å². The second-order valence-electron chi connectivity index (χ2n) is 20.0. The summed E-state index contributed by atoms with van der Waals surface area (Å²) in [6, 6.07) is 79.0. The normalized spacial score (nSPS) is 19.5. The van der Waals surface area contributed by atoms with Crippen molar-refractivity contribution >= 4 is 38.9 Å². The molecule has 0 radical (unpaired) electrons. The smallest absolute Gasteiger partial charge is 0.137 e. The van der Waals surface area contributed by atoms with Crippen molar-refractivity contribution in [1.29, 1.82) is 0 Å². The van der Waals surface area contributed by atoms with E-state index in [2.05, 4.69) is 191 Å². The van der Waals surface area contributed by atoms with Gasteiger partial charge in [-0.15, -0.1) is 0 Å². The van der Waals surface area contributed by atoms with Crippen LogP contribution in [-0.2, 0) is 11.0 Å². The van der Waals surface area contributed by atoms with Gasteiger partial charge in [0, 0.05) is 52.2 Å². The average molecular weight is 968 g/mol. The summed E-state index contributed by atoms with van der Waals surface area (Å²) in [5, 5.41) is 10.3. The lowest BCUT2D eigenvalue weighted by Gasteiger charge is -2.61. The SMILES string of the molecule is [2H]c1c([2H])c([2H])c(-c2cnc(-n3c4ccccc4c4ccc(Oc5cccc(Nc6ccccc6NC67c8ccccc8C(c8ccccc8)(c8ccccc86)C6c8ccccc8C7c7ccccc76)c5)cc43)cc2C)c([2H])c1[2H]. The molecule has 0 amide bonds. The number of hydrogen-bond donors (Lipinski definition) is 2. The second-order valence-corrected chi connectivity index (χ2v) is 20.0. The minimum Gasteiger partial charge on any atom is -0.457 e. The monoisotopic (exact) mass is 967 g/mol. The molecular weight excluding hydrogens is 913 g/mol. The number of rotatable bonds is 9. The molecule has 0 saturated heterocycles. The summed E-state index contributed by atoms with van der Waals surface area (Å²) in [6.45, 7) is 1.88. The average Bonchev–Trinajstić information content (AvgIpc) is 3.87. The molecule has 5 heteroatoms. The number of hydrogen-bond acceptors (Lipinski definition) is 4. The van der Waals surface area contributed by atoms with Crippen molar-refractivity contribution in [2.75, 3.05) is 10.6 Å². The Hall–Kier alpha value is -9.45. The molecule has 0 saturated carbocycles. The Morgan fingerprint density at radius 3 is 1.80 bits per heavy atom. The molecule has 75 heavy (non-hydrogen) atoms.